The zero-order valence-electron chi connectivity index (χ0n) is 28.4. The van der Waals surface area contributed by atoms with E-state index in [4.69, 9.17) is 0 Å². The number of hydrogen-bond acceptors (Lipinski definition) is 7. The van der Waals surface area contributed by atoms with Gasteiger partial charge in [-0.1, -0.05) is 62.4 Å². The van der Waals surface area contributed by atoms with Crippen LogP contribution >= 0.6 is 0 Å². The number of aliphatic carboxylic acids is 1. The average molecular weight is 685 g/mol. The molecule has 0 aromatic heterocycles. The van der Waals surface area contributed by atoms with Crippen molar-refractivity contribution in [1.29, 1.82) is 0 Å². The number of para-hydroxylation sites is 1. The van der Waals surface area contributed by atoms with Gasteiger partial charge in [0, 0.05) is 47.4 Å². The van der Waals surface area contributed by atoms with Gasteiger partial charge in [0.05, 0.1) is 22.9 Å². The third-order valence-corrected chi connectivity index (χ3v) is 11.4. The summed E-state index contributed by atoms with van der Waals surface area (Å²) in [5.74, 6) is -1.58. The van der Waals surface area contributed by atoms with E-state index in [1.54, 1.807) is 6.08 Å². The van der Waals surface area contributed by atoms with Crippen molar-refractivity contribution in [3.63, 3.8) is 0 Å². The van der Waals surface area contributed by atoms with Crippen LogP contribution in [0, 0.1) is 0 Å². The summed E-state index contributed by atoms with van der Waals surface area (Å²) in [7, 11) is -4.11. The van der Waals surface area contributed by atoms with Gasteiger partial charge in [-0.15, -0.1) is 0 Å². The number of carbonyl (C=O) groups is 2. The summed E-state index contributed by atoms with van der Waals surface area (Å²) < 4.78 is 32.0. The van der Waals surface area contributed by atoms with Crippen LogP contribution < -0.4 is 9.80 Å². The molecule has 0 saturated heterocycles. The average Bonchev–Trinajstić information content (AvgIpc) is 3.42. The number of anilines is 2. The number of carboxylic acids is 1. The Hall–Kier alpha value is -4.41. The smallest absolute Gasteiger partial charge is 0.303 e. The van der Waals surface area contributed by atoms with Gasteiger partial charge >= 0.3 is 5.97 Å². The molecule has 10 heteroatoms. The number of unbranched alkanes of at least 4 members (excludes halogenated alkanes) is 1. The van der Waals surface area contributed by atoms with Crippen molar-refractivity contribution < 1.29 is 32.8 Å². The minimum atomic E-state index is -4.11. The molecule has 6 rings (SSSR count). The molecule has 49 heavy (non-hydrogen) atoms. The van der Waals surface area contributed by atoms with E-state index in [1.807, 2.05) is 54.3 Å². The molecule has 0 fully saturated rings. The zero-order valence-corrected chi connectivity index (χ0v) is 29.3. The third-order valence-electron chi connectivity index (χ3n) is 10.6. The van der Waals surface area contributed by atoms with Crippen LogP contribution in [0.3, 0.4) is 0 Å². The molecular weight excluding hydrogens is 641 g/mol. The summed E-state index contributed by atoms with van der Waals surface area (Å²) in [6.07, 6.45) is 5.20. The molecule has 0 radical (unpaired) electrons. The van der Waals surface area contributed by atoms with Crippen LogP contribution in [0.2, 0.25) is 0 Å². The third kappa shape index (κ3) is 6.06. The summed E-state index contributed by atoms with van der Waals surface area (Å²) in [6, 6.07) is 20.2. The van der Waals surface area contributed by atoms with Gasteiger partial charge in [-0.25, -0.2) is 0 Å². The van der Waals surface area contributed by atoms with Crippen molar-refractivity contribution in [2.45, 2.75) is 76.7 Å². The lowest BCUT2D eigenvalue weighted by Gasteiger charge is -2.34. The number of rotatable bonds is 12. The van der Waals surface area contributed by atoms with E-state index >= 15 is 0 Å². The van der Waals surface area contributed by atoms with Crippen LogP contribution in [0.1, 0.15) is 70.9 Å². The first-order valence-electron chi connectivity index (χ1n) is 16.9. The van der Waals surface area contributed by atoms with Crippen LogP contribution in [-0.2, 0) is 30.5 Å². The number of carbonyl (C=O) groups excluding carboxylic acids is 1. The molecule has 9 nitrogen and oxygen atoms in total. The predicted octanol–water partition coefficient (Wildman–Crippen LogP) is 7.23. The molecule has 0 saturated carbocycles. The normalized spacial score (nSPS) is 23.0. The van der Waals surface area contributed by atoms with E-state index in [0.29, 0.717) is 25.8 Å². The van der Waals surface area contributed by atoms with Gasteiger partial charge in [0.25, 0.3) is 10.1 Å². The maximum Gasteiger partial charge on any atom is 0.303 e. The predicted molar refractivity (Wildman–Crippen MR) is 193 cm³/mol. The lowest BCUT2D eigenvalue weighted by molar-refractivity contribution is -0.137. The first kappa shape index (κ1) is 34.5. The lowest BCUT2D eigenvalue weighted by atomic mass is 9.74. The number of fused-ring (bicyclic) bond motifs is 4. The summed E-state index contributed by atoms with van der Waals surface area (Å²) in [6.45, 7) is 9.61. The zero-order chi connectivity index (χ0) is 35.3. The Bertz CT molecular complexity index is 2040. The Labute approximate surface area is 288 Å². The number of aliphatic hydroxyl groups excluding tert-OH is 1. The second-order valence-corrected chi connectivity index (χ2v) is 15.6. The van der Waals surface area contributed by atoms with Gasteiger partial charge in [-0.3, -0.25) is 14.1 Å². The second kappa shape index (κ2) is 12.8. The van der Waals surface area contributed by atoms with Gasteiger partial charge in [0.2, 0.25) is 0 Å². The minimum absolute atomic E-state index is 0.0120. The number of nitrogens with zero attached hydrogens (tertiary/aromatic N) is 2. The highest BCUT2D eigenvalue weighted by atomic mass is 32.2. The van der Waals surface area contributed by atoms with Gasteiger partial charge in [0.15, 0.2) is 5.78 Å². The fourth-order valence-corrected chi connectivity index (χ4v) is 8.75. The largest absolute Gasteiger partial charge is 0.506 e. The summed E-state index contributed by atoms with van der Waals surface area (Å²) >= 11 is 0. The first-order chi connectivity index (χ1) is 23.2. The molecule has 2 heterocycles. The Kier molecular flexibility index (Phi) is 9.00. The summed E-state index contributed by atoms with van der Waals surface area (Å²) in [4.78, 5) is 29.7. The van der Waals surface area contributed by atoms with E-state index in [2.05, 4.69) is 49.9 Å². The number of likely N-dealkylation sites (N-methyl/N-ethyl adjacent to an activating group) is 1. The van der Waals surface area contributed by atoms with Crippen LogP contribution in [0.4, 0.5) is 11.4 Å². The number of hydrogen-bond donors (Lipinski definition) is 3. The lowest BCUT2D eigenvalue weighted by Crippen LogP contribution is -2.41. The molecule has 3 aromatic carbocycles. The SMILES string of the molecule is CCN1c2ccc3ccccc3c2C(C)(C)C1C=C1C(=O)C(C=C2N(CCCCS(=O)(=O)O)c3ccccc3C2(C)CCCC(=O)O)=C1O. The Morgan fingerprint density at radius 3 is 2.37 bits per heavy atom. The highest BCUT2D eigenvalue weighted by Gasteiger charge is 2.47. The van der Waals surface area contributed by atoms with Crippen LogP contribution in [0.15, 0.2) is 95.4 Å². The van der Waals surface area contributed by atoms with Crippen LogP contribution in [0.5, 0.6) is 0 Å². The van der Waals surface area contributed by atoms with Crippen LogP contribution in [0.25, 0.3) is 10.8 Å². The van der Waals surface area contributed by atoms with Gasteiger partial charge in [0.1, 0.15) is 5.76 Å². The number of Topliss-reactive ketones (excluding diaryl/α,β-unsaturated/α-hetero) is 1. The number of carboxylic acid groups (broad SMARTS) is 1. The van der Waals surface area contributed by atoms with Gasteiger partial charge in [-0.05, 0) is 85.7 Å². The number of benzene rings is 3. The molecule has 2 unspecified atom stereocenters. The molecule has 0 amide bonds. The molecule has 2 aliphatic heterocycles. The fourth-order valence-electron chi connectivity index (χ4n) is 8.18. The number of ketones is 1. The van der Waals surface area contributed by atoms with Crippen molar-refractivity contribution in [2.75, 3.05) is 28.6 Å². The van der Waals surface area contributed by atoms with E-state index in [1.165, 1.54) is 10.9 Å². The molecule has 2 atom stereocenters. The van der Waals surface area contributed by atoms with E-state index in [9.17, 15) is 32.8 Å². The number of aliphatic hydroxyl groups is 1. The van der Waals surface area contributed by atoms with Gasteiger partial charge in [-0.2, -0.15) is 8.42 Å². The Morgan fingerprint density at radius 1 is 0.959 bits per heavy atom. The Morgan fingerprint density at radius 2 is 1.67 bits per heavy atom. The maximum absolute atomic E-state index is 14.0. The van der Waals surface area contributed by atoms with E-state index in [0.717, 1.165) is 34.6 Å². The second-order valence-electron chi connectivity index (χ2n) is 14.1. The quantitative estimate of drug-likeness (QED) is 0.103. The van der Waals surface area contributed by atoms with Gasteiger partial charge < -0.3 is 20.0 Å². The van der Waals surface area contributed by atoms with E-state index in [-0.39, 0.29) is 52.7 Å². The molecule has 3 aliphatic rings. The minimum Gasteiger partial charge on any atom is -0.506 e. The van der Waals surface area contributed by atoms with Crippen molar-refractivity contribution in [1.82, 2.24) is 0 Å². The highest BCUT2D eigenvalue weighted by molar-refractivity contribution is 7.85. The van der Waals surface area contributed by atoms with E-state index < -0.39 is 21.5 Å². The highest BCUT2D eigenvalue weighted by Crippen LogP contribution is 2.53. The molecule has 258 valence electrons. The topological polar surface area (TPSA) is 135 Å². The van der Waals surface area contributed by atoms with Crippen LogP contribution in [-0.4, -0.2) is 59.8 Å². The van der Waals surface area contributed by atoms with Crippen molar-refractivity contribution >= 4 is 44.0 Å². The van der Waals surface area contributed by atoms with Crippen molar-refractivity contribution in [3.8, 4) is 0 Å². The fraction of sp³-hybridized carbons (Fsp3) is 0.385. The molecular formula is C39H44N2O7S. The molecule has 3 N–H and O–H groups in total. The maximum atomic E-state index is 14.0. The summed E-state index contributed by atoms with van der Waals surface area (Å²) in [5.41, 5.74) is 4.40. The first-order valence-corrected chi connectivity index (χ1v) is 18.5. The number of allylic oxidation sites excluding steroid dienone is 4. The molecule has 0 bridgehead atoms. The molecule has 3 aromatic rings. The standard InChI is InChI=1S/C39H44N2O7S/c1-5-40-31-19-18-25-13-6-7-14-26(25)35(31)38(2,3)32(40)23-27-36(44)28(37(27)45)24-33-39(4,20-12-17-34(42)43)29-15-8-9-16-30(29)41(33)21-10-11-22-49(46,47)48/h6-9,13-16,18-19,23-24,32,44H,5,10-12,17,20-22H2,1-4H3,(H,42,43)(H,46,47,48). The van der Waals surface area contributed by atoms with Crippen molar-refractivity contribution in [2.24, 2.45) is 0 Å². The summed E-state index contributed by atoms with van der Waals surface area (Å²) in [5, 5.41) is 23.3. The van der Waals surface area contributed by atoms with Crippen molar-refractivity contribution in [3.05, 3.63) is 107 Å². The molecule has 0 spiro atoms. The molecule has 1 aliphatic carbocycles. The Balaban J connectivity index is 1.39. The monoisotopic (exact) mass is 684 g/mol.